The molecule has 1 heterocycles. The van der Waals surface area contributed by atoms with Crippen molar-refractivity contribution in [3.63, 3.8) is 0 Å². The summed E-state index contributed by atoms with van der Waals surface area (Å²) in [6.45, 7) is 4.30. The first-order valence-electron chi connectivity index (χ1n) is 9.25. The zero-order chi connectivity index (χ0) is 21.0. The molecule has 7 heteroatoms. The van der Waals surface area contributed by atoms with Crippen molar-refractivity contribution in [1.82, 2.24) is 4.90 Å². The zero-order valence-electron chi connectivity index (χ0n) is 16.5. The lowest BCUT2D eigenvalue weighted by atomic mass is 10.1. The smallest absolute Gasteiger partial charge is 0.293 e. The SMILES string of the molecule is CCC(C)Oc1ccc(/C=C2\SC(=O)N(Cc3ccc(Br)cc3)C2=O)cc1OC. The molecule has 29 heavy (non-hydrogen) atoms. The number of carbonyl (C=O) groups excluding carboxylic acids is 2. The number of hydrogen-bond donors (Lipinski definition) is 0. The predicted molar refractivity (Wildman–Crippen MR) is 119 cm³/mol. The Balaban J connectivity index is 1.79. The number of rotatable bonds is 7. The molecule has 1 unspecified atom stereocenters. The number of thioether (sulfide) groups is 1. The van der Waals surface area contributed by atoms with Gasteiger partial charge in [-0.15, -0.1) is 0 Å². The number of imide groups is 1. The minimum Gasteiger partial charge on any atom is -0.493 e. The molecule has 0 aliphatic carbocycles. The molecule has 1 aliphatic rings. The molecule has 0 aromatic heterocycles. The predicted octanol–water partition coefficient (Wildman–Crippen LogP) is 5.87. The quantitative estimate of drug-likeness (QED) is 0.468. The van der Waals surface area contributed by atoms with E-state index in [1.165, 1.54) is 4.90 Å². The van der Waals surface area contributed by atoms with Gasteiger partial charge in [0.05, 0.1) is 24.7 Å². The molecule has 0 N–H and O–H groups in total. The van der Waals surface area contributed by atoms with Crippen molar-refractivity contribution in [1.29, 1.82) is 0 Å². The second-order valence-electron chi connectivity index (χ2n) is 6.64. The molecule has 5 nitrogen and oxygen atoms in total. The van der Waals surface area contributed by atoms with Gasteiger partial charge in [-0.1, -0.05) is 41.1 Å². The van der Waals surface area contributed by atoms with Crippen LogP contribution in [0.3, 0.4) is 0 Å². The number of benzene rings is 2. The summed E-state index contributed by atoms with van der Waals surface area (Å²) in [4.78, 5) is 26.8. The number of amides is 2. The van der Waals surface area contributed by atoms with E-state index < -0.39 is 0 Å². The van der Waals surface area contributed by atoms with Crippen molar-refractivity contribution in [2.45, 2.75) is 32.9 Å². The minimum atomic E-state index is -0.290. The summed E-state index contributed by atoms with van der Waals surface area (Å²) in [5.74, 6) is 0.956. The van der Waals surface area contributed by atoms with Gasteiger partial charge in [0, 0.05) is 4.47 Å². The molecule has 1 fully saturated rings. The van der Waals surface area contributed by atoms with Crippen LogP contribution in [0.1, 0.15) is 31.4 Å². The van der Waals surface area contributed by atoms with E-state index in [0.29, 0.717) is 16.4 Å². The van der Waals surface area contributed by atoms with Crippen molar-refractivity contribution in [2.24, 2.45) is 0 Å². The molecule has 2 amide bonds. The fourth-order valence-electron chi connectivity index (χ4n) is 2.73. The van der Waals surface area contributed by atoms with Crippen LogP contribution in [0.15, 0.2) is 51.8 Å². The van der Waals surface area contributed by atoms with Crippen molar-refractivity contribution < 1.29 is 19.1 Å². The molecule has 1 atom stereocenters. The third-order valence-corrected chi connectivity index (χ3v) is 5.95. The van der Waals surface area contributed by atoms with E-state index >= 15 is 0 Å². The fourth-order valence-corrected chi connectivity index (χ4v) is 3.83. The highest BCUT2D eigenvalue weighted by Gasteiger charge is 2.35. The Morgan fingerprint density at radius 3 is 2.52 bits per heavy atom. The lowest BCUT2D eigenvalue weighted by molar-refractivity contribution is -0.123. The first kappa shape index (κ1) is 21.5. The van der Waals surface area contributed by atoms with Gasteiger partial charge in [0.1, 0.15) is 0 Å². The van der Waals surface area contributed by atoms with E-state index in [2.05, 4.69) is 22.9 Å². The number of carbonyl (C=O) groups is 2. The van der Waals surface area contributed by atoms with Crippen LogP contribution in [0, 0.1) is 0 Å². The zero-order valence-corrected chi connectivity index (χ0v) is 18.9. The Bertz CT molecular complexity index is 942. The molecular formula is C22H22BrNO4S. The summed E-state index contributed by atoms with van der Waals surface area (Å²) in [7, 11) is 1.58. The van der Waals surface area contributed by atoms with Crippen LogP contribution in [0.4, 0.5) is 4.79 Å². The lowest BCUT2D eigenvalue weighted by Gasteiger charge is -2.15. The van der Waals surface area contributed by atoms with Crippen molar-refractivity contribution in [2.75, 3.05) is 7.11 Å². The summed E-state index contributed by atoms with van der Waals surface area (Å²) in [5.41, 5.74) is 1.66. The minimum absolute atomic E-state index is 0.0739. The van der Waals surface area contributed by atoms with Gasteiger partial charge in [0.15, 0.2) is 11.5 Å². The third-order valence-electron chi connectivity index (χ3n) is 4.52. The molecular weight excluding hydrogens is 454 g/mol. The molecule has 152 valence electrons. The standard InChI is InChI=1S/C22H22BrNO4S/c1-4-14(2)28-18-10-7-16(11-19(18)27-3)12-20-21(25)24(22(26)29-20)13-15-5-8-17(23)9-6-15/h5-12,14H,4,13H2,1-3H3/b20-12-. The highest BCUT2D eigenvalue weighted by molar-refractivity contribution is 9.10. The summed E-state index contributed by atoms with van der Waals surface area (Å²) in [6, 6.07) is 13.0. The molecule has 0 saturated carbocycles. The molecule has 0 bridgehead atoms. The highest BCUT2D eigenvalue weighted by Crippen LogP contribution is 2.35. The fraction of sp³-hybridized carbons (Fsp3) is 0.273. The normalized spacial score (nSPS) is 16.4. The number of methoxy groups -OCH3 is 1. The number of halogens is 1. The van der Waals surface area contributed by atoms with Crippen molar-refractivity contribution >= 4 is 44.9 Å². The second kappa shape index (κ2) is 9.50. The van der Waals surface area contributed by atoms with Crippen LogP contribution < -0.4 is 9.47 Å². The van der Waals surface area contributed by atoms with E-state index in [0.717, 1.165) is 33.8 Å². The summed E-state index contributed by atoms with van der Waals surface area (Å²) in [5, 5.41) is -0.271. The third kappa shape index (κ3) is 5.22. The van der Waals surface area contributed by atoms with Gasteiger partial charge in [-0.2, -0.15) is 0 Å². The molecule has 3 rings (SSSR count). The molecule has 1 saturated heterocycles. The second-order valence-corrected chi connectivity index (χ2v) is 8.55. The maximum atomic E-state index is 12.7. The van der Waals surface area contributed by atoms with E-state index in [1.54, 1.807) is 19.3 Å². The van der Waals surface area contributed by atoms with E-state index in [-0.39, 0.29) is 23.8 Å². The molecule has 2 aromatic carbocycles. The maximum absolute atomic E-state index is 12.7. The topological polar surface area (TPSA) is 55.8 Å². The Morgan fingerprint density at radius 2 is 1.86 bits per heavy atom. The van der Waals surface area contributed by atoms with Crippen LogP contribution in [0.5, 0.6) is 11.5 Å². The van der Waals surface area contributed by atoms with Gasteiger partial charge in [-0.3, -0.25) is 14.5 Å². The Labute approximate surface area is 183 Å². The van der Waals surface area contributed by atoms with Gasteiger partial charge in [-0.25, -0.2) is 0 Å². The summed E-state index contributed by atoms with van der Waals surface area (Å²) in [6.07, 6.45) is 2.67. The Hall–Kier alpha value is -2.25. The van der Waals surface area contributed by atoms with Crippen LogP contribution in [0.2, 0.25) is 0 Å². The summed E-state index contributed by atoms with van der Waals surface area (Å²) < 4.78 is 12.2. The first-order chi connectivity index (χ1) is 13.9. The van der Waals surface area contributed by atoms with Crippen LogP contribution in [-0.4, -0.2) is 29.3 Å². The monoisotopic (exact) mass is 475 g/mol. The number of nitrogens with zero attached hydrogens (tertiary/aromatic N) is 1. The van der Waals surface area contributed by atoms with Gasteiger partial charge in [0.25, 0.3) is 11.1 Å². The van der Waals surface area contributed by atoms with E-state index in [4.69, 9.17) is 9.47 Å². The van der Waals surface area contributed by atoms with Gasteiger partial charge in [0.2, 0.25) is 0 Å². The van der Waals surface area contributed by atoms with E-state index in [1.807, 2.05) is 43.3 Å². The molecule has 0 spiro atoms. The van der Waals surface area contributed by atoms with E-state index in [9.17, 15) is 9.59 Å². The average Bonchev–Trinajstić information content (AvgIpc) is 2.97. The van der Waals surface area contributed by atoms with Crippen LogP contribution in [0.25, 0.3) is 6.08 Å². The highest BCUT2D eigenvalue weighted by atomic mass is 79.9. The summed E-state index contributed by atoms with van der Waals surface area (Å²) >= 11 is 4.33. The Morgan fingerprint density at radius 1 is 1.14 bits per heavy atom. The lowest BCUT2D eigenvalue weighted by Crippen LogP contribution is -2.27. The van der Waals surface area contributed by atoms with Crippen LogP contribution >= 0.6 is 27.7 Å². The Kier molecular flexibility index (Phi) is 7.03. The first-order valence-corrected chi connectivity index (χ1v) is 10.9. The van der Waals surface area contributed by atoms with Crippen molar-refractivity contribution in [3.8, 4) is 11.5 Å². The molecule has 0 radical (unpaired) electrons. The number of hydrogen-bond acceptors (Lipinski definition) is 5. The van der Waals surface area contributed by atoms with Gasteiger partial charge in [-0.05, 0) is 66.6 Å². The number of ether oxygens (including phenoxy) is 2. The maximum Gasteiger partial charge on any atom is 0.293 e. The van der Waals surface area contributed by atoms with Gasteiger partial charge >= 0.3 is 0 Å². The molecule has 2 aromatic rings. The average molecular weight is 476 g/mol. The van der Waals surface area contributed by atoms with Crippen LogP contribution in [-0.2, 0) is 11.3 Å². The largest absolute Gasteiger partial charge is 0.493 e. The van der Waals surface area contributed by atoms with Crippen molar-refractivity contribution in [3.05, 3.63) is 63.0 Å². The van der Waals surface area contributed by atoms with Gasteiger partial charge < -0.3 is 9.47 Å². The molecule has 1 aliphatic heterocycles.